The van der Waals surface area contributed by atoms with Crippen LogP contribution in [0.3, 0.4) is 0 Å². The van der Waals surface area contributed by atoms with Gasteiger partial charge in [-0.1, -0.05) is 79.1 Å². The fourth-order valence-electron chi connectivity index (χ4n) is 3.18. The molecule has 0 bridgehead atoms. The quantitative estimate of drug-likeness (QED) is 0.143. The minimum absolute atomic E-state index is 0.0500. The molecule has 2 atom stereocenters. The van der Waals surface area contributed by atoms with Crippen LogP contribution in [0, 0.1) is 0 Å². The predicted molar refractivity (Wildman–Crippen MR) is 116 cm³/mol. The van der Waals surface area contributed by atoms with Crippen LogP contribution in [0.1, 0.15) is 118 Å². The van der Waals surface area contributed by atoms with E-state index in [-0.39, 0.29) is 12.2 Å². The lowest BCUT2D eigenvalue weighted by Gasteiger charge is -2.17. The largest absolute Gasteiger partial charge is 0.459 e. The molecule has 0 rings (SSSR count). The summed E-state index contributed by atoms with van der Waals surface area (Å²) in [6.07, 6.45) is 16.9. The van der Waals surface area contributed by atoms with Crippen molar-refractivity contribution in [1.29, 1.82) is 0 Å². The summed E-state index contributed by atoms with van der Waals surface area (Å²) in [6.45, 7) is 8.60. The van der Waals surface area contributed by atoms with Crippen LogP contribution in [0.15, 0.2) is 12.2 Å². The number of hydrogen-bond donors (Lipinski definition) is 0. The average Bonchev–Trinajstić information content (AvgIpc) is 2.68. The second-order valence-electron chi connectivity index (χ2n) is 7.73. The summed E-state index contributed by atoms with van der Waals surface area (Å²) in [4.78, 5) is 24.2. The SMILES string of the molecule is CCCCCC(CCCC)OC(=O)/C=C/C(=O)OC(CCCC)CCCCC. The predicted octanol–water partition coefficient (Wildman–Crippen LogP) is 6.91. The number of carbonyl (C=O) groups excluding carboxylic acids is 2. The molecular weight excluding hydrogens is 352 g/mol. The van der Waals surface area contributed by atoms with Gasteiger partial charge in [-0.15, -0.1) is 0 Å². The van der Waals surface area contributed by atoms with E-state index in [1.54, 1.807) is 0 Å². The number of rotatable bonds is 18. The fraction of sp³-hybridized carbons (Fsp3) is 0.833. The van der Waals surface area contributed by atoms with Crippen LogP contribution in [-0.4, -0.2) is 24.1 Å². The van der Waals surface area contributed by atoms with Gasteiger partial charge in [-0.25, -0.2) is 9.59 Å². The Kier molecular flexibility index (Phi) is 18.1. The zero-order valence-electron chi connectivity index (χ0n) is 18.8. The van der Waals surface area contributed by atoms with Crippen LogP contribution in [0.5, 0.6) is 0 Å². The first-order valence-corrected chi connectivity index (χ1v) is 11.7. The number of esters is 2. The van der Waals surface area contributed by atoms with Gasteiger partial charge in [0.1, 0.15) is 12.2 Å². The molecule has 0 amide bonds. The lowest BCUT2D eigenvalue weighted by molar-refractivity contribution is -0.146. The van der Waals surface area contributed by atoms with E-state index in [1.165, 1.54) is 12.2 Å². The molecule has 0 aliphatic carbocycles. The minimum Gasteiger partial charge on any atom is -0.459 e. The van der Waals surface area contributed by atoms with Gasteiger partial charge in [0.15, 0.2) is 0 Å². The molecule has 0 N–H and O–H groups in total. The number of ether oxygens (including phenoxy) is 2. The van der Waals surface area contributed by atoms with Crippen LogP contribution < -0.4 is 0 Å². The molecule has 0 aliphatic heterocycles. The summed E-state index contributed by atoms with van der Waals surface area (Å²) in [5.41, 5.74) is 0. The summed E-state index contributed by atoms with van der Waals surface area (Å²) in [5, 5.41) is 0. The topological polar surface area (TPSA) is 52.6 Å². The van der Waals surface area contributed by atoms with Crippen molar-refractivity contribution >= 4 is 11.9 Å². The van der Waals surface area contributed by atoms with Crippen molar-refractivity contribution in [3.8, 4) is 0 Å². The molecule has 4 nitrogen and oxygen atoms in total. The van der Waals surface area contributed by atoms with Gasteiger partial charge in [-0.05, 0) is 38.5 Å². The summed E-state index contributed by atoms with van der Waals surface area (Å²) in [5.74, 6) is -0.878. The average molecular weight is 397 g/mol. The maximum atomic E-state index is 12.1. The molecular formula is C24H44O4. The van der Waals surface area contributed by atoms with E-state index in [9.17, 15) is 9.59 Å². The van der Waals surface area contributed by atoms with Crippen molar-refractivity contribution in [3.05, 3.63) is 12.2 Å². The molecule has 0 saturated heterocycles. The minimum atomic E-state index is -0.439. The molecule has 0 fully saturated rings. The van der Waals surface area contributed by atoms with Crippen molar-refractivity contribution < 1.29 is 19.1 Å². The number of carbonyl (C=O) groups is 2. The van der Waals surface area contributed by atoms with Gasteiger partial charge in [0, 0.05) is 12.2 Å². The highest BCUT2D eigenvalue weighted by Gasteiger charge is 2.14. The van der Waals surface area contributed by atoms with E-state index >= 15 is 0 Å². The Hall–Kier alpha value is -1.32. The number of unbranched alkanes of at least 4 members (excludes halogenated alkanes) is 6. The molecule has 0 spiro atoms. The van der Waals surface area contributed by atoms with Gasteiger partial charge in [-0.2, -0.15) is 0 Å². The van der Waals surface area contributed by atoms with Crippen LogP contribution in [-0.2, 0) is 19.1 Å². The molecule has 0 aliphatic rings. The normalized spacial score (nSPS) is 13.4. The number of hydrogen-bond acceptors (Lipinski definition) is 4. The third-order valence-corrected chi connectivity index (χ3v) is 4.94. The Morgan fingerprint density at radius 3 is 1.21 bits per heavy atom. The molecule has 0 radical (unpaired) electrons. The summed E-state index contributed by atoms with van der Waals surface area (Å²) >= 11 is 0. The zero-order chi connectivity index (χ0) is 21.0. The van der Waals surface area contributed by atoms with E-state index in [0.29, 0.717) is 0 Å². The van der Waals surface area contributed by atoms with Gasteiger partial charge < -0.3 is 9.47 Å². The van der Waals surface area contributed by atoms with E-state index in [4.69, 9.17) is 9.47 Å². The molecule has 0 aromatic heterocycles. The summed E-state index contributed by atoms with van der Waals surface area (Å²) in [6, 6.07) is 0. The molecule has 28 heavy (non-hydrogen) atoms. The molecule has 0 saturated carbocycles. The molecule has 0 heterocycles. The molecule has 2 unspecified atom stereocenters. The van der Waals surface area contributed by atoms with E-state index in [0.717, 1.165) is 89.9 Å². The van der Waals surface area contributed by atoms with Crippen molar-refractivity contribution in [1.82, 2.24) is 0 Å². The lowest BCUT2D eigenvalue weighted by atomic mass is 10.1. The standard InChI is InChI=1S/C24H44O4/c1-5-9-13-17-21(15-11-7-3)27-23(25)19-20-24(26)28-22(16-12-8-4)18-14-10-6-2/h19-22H,5-18H2,1-4H3/b20-19+. The van der Waals surface area contributed by atoms with Gasteiger partial charge in [-0.3, -0.25) is 0 Å². The Balaban J connectivity index is 4.47. The van der Waals surface area contributed by atoms with E-state index in [1.807, 2.05) is 0 Å². The molecule has 0 aromatic carbocycles. The highest BCUT2D eigenvalue weighted by Crippen LogP contribution is 2.15. The van der Waals surface area contributed by atoms with Crippen molar-refractivity contribution in [2.45, 2.75) is 130 Å². The first-order chi connectivity index (χ1) is 13.6. The molecule has 4 heteroatoms. The first-order valence-electron chi connectivity index (χ1n) is 11.7. The maximum Gasteiger partial charge on any atom is 0.331 e. The van der Waals surface area contributed by atoms with Gasteiger partial charge in [0.25, 0.3) is 0 Å². The third kappa shape index (κ3) is 15.7. The highest BCUT2D eigenvalue weighted by molar-refractivity contribution is 5.91. The van der Waals surface area contributed by atoms with E-state index < -0.39 is 11.9 Å². The smallest absolute Gasteiger partial charge is 0.331 e. The monoisotopic (exact) mass is 396 g/mol. The second kappa shape index (κ2) is 19.0. The van der Waals surface area contributed by atoms with Crippen LogP contribution >= 0.6 is 0 Å². The van der Waals surface area contributed by atoms with Crippen LogP contribution in [0.25, 0.3) is 0 Å². The fourth-order valence-corrected chi connectivity index (χ4v) is 3.18. The Morgan fingerprint density at radius 1 is 0.571 bits per heavy atom. The van der Waals surface area contributed by atoms with Gasteiger partial charge >= 0.3 is 11.9 Å². The Bertz CT molecular complexity index is 379. The highest BCUT2D eigenvalue weighted by atomic mass is 16.5. The Morgan fingerprint density at radius 2 is 0.893 bits per heavy atom. The van der Waals surface area contributed by atoms with Crippen molar-refractivity contribution in [2.75, 3.05) is 0 Å². The maximum absolute atomic E-state index is 12.1. The van der Waals surface area contributed by atoms with Crippen LogP contribution in [0.4, 0.5) is 0 Å². The summed E-state index contributed by atoms with van der Waals surface area (Å²) in [7, 11) is 0. The lowest BCUT2D eigenvalue weighted by Crippen LogP contribution is -2.19. The van der Waals surface area contributed by atoms with Gasteiger partial charge in [0.2, 0.25) is 0 Å². The molecule has 0 aromatic rings. The van der Waals surface area contributed by atoms with Crippen molar-refractivity contribution in [2.24, 2.45) is 0 Å². The van der Waals surface area contributed by atoms with E-state index in [2.05, 4.69) is 27.7 Å². The van der Waals surface area contributed by atoms with Crippen molar-refractivity contribution in [3.63, 3.8) is 0 Å². The van der Waals surface area contributed by atoms with Gasteiger partial charge in [0.05, 0.1) is 0 Å². The first kappa shape index (κ1) is 26.7. The Labute approximate surface area is 173 Å². The molecule has 164 valence electrons. The van der Waals surface area contributed by atoms with Crippen LogP contribution in [0.2, 0.25) is 0 Å². The second-order valence-corrected chi connectivity index (χ2v) is 7.73. The summed E-state index contributed by atoms with van der Waals surface area (Å²) < 4.78 is 11.1. The zero-order valence-corrected chi connectivity index (χ0v) is 18.8. The third-order valence-electron chi connectivity index (χ3n) is 4.94.